The summed E-state index contributed by atoms with van der Waals surface area (Å²) in [6, 6.07) is 1.74. The predicted octanol–water partition coefficient (Wildman–Crippen LogP) is 2.93. The van der Waals surface area contributed by atoms with Crippen molar-refractivity contribution in [3.63, 3.8) is 0 Å². The molecule has 0 fully saturated rings. The van der Waals surface area contributed by atoms with E-state index in [9.17, 15) is 4.79 Å². The highest BCUT2D eigenvalue weighted by Gasteiger charge is 2.18. The van der Waals surface area contributed by atoms with Gasteiger partial charge in [-0.05, 0) is 19.4 Å². The Morgan fingerprint density at radius 1 is 1.50 bits per heavy atom. The normalized spacial score (nSPS) is 10.4. The Hall–Kier alpha value is -0.960. The van der Waals surface area contributed by atoms with Crippen LogP contribution in [0.25, 0.3) is 0 Å². The summed E-state index contributed by atoms with van der Waals surface area (Å²) in [6.45, 7) is 5.35. The largest absolute Gasteiger partial charge is 0.469 e. The van der Waals surface area contributed by atoms with E-state index in [4.69, 9.17) is 16.0 Å². The van der Waals surface area contributed by atoms with Crippen molar-refractivity contribution in [3.05, 3.63) is 23.7 Å². The molecule has 0 atom stereocenters. The second-order valence-electron chi connectivity index (χ2n) is 3.54. The summed E-state index contributed by atoms with van der Waals surface area (Å²) in [4.78, 5) is 13.9. The molecule has 1 heterocycles. The number of carbonyl (C=O) groups excluding carboxylic acids is 1. The Morgan fingerprint density at radius 2 is 2.25 bits per heavy atom. The number of furan rings is 1. The van der Waals surface area contributed by atoms with Crippen molar-refractivity contribution in [3.8, 4) is 0 Å². The van der Waals surface area contributed by atoms with Crippen LogP contribution >= 0.6 is 11.6 Å². The molecule has 0 aliphatic heterocycles. The van der Waals surface area contributed by atoms with Crippen LogP contribution in [0.2, 0.25) is 0 Å². The second-order valence-corrected chi connectivity index (χ2v) is 3.92. The fourth-order valence-electron chi connectivity index (χ4n) is 1.63. The van der Waals surface area contributed by atoms with Crippen LogP contribution in [0.3, 0.4) is 0 Å². The number of carbonyl (C=O) groups is 1. The van der Waals surface area contributed by atoms with E-state index in [1.54, 1.807) is 17.2 Å². The van der Waals surface area contributed by atoms with Crippen molar-refractivity contribution in [2.45, 2.75) is 26.7 Å². The van der Waals surface area contributed by atoms with E-state index >= 15 is 0 Å². The van der Waals surface area contributed by atoms with Gasteiger partial charge in [0.1, 0.15) is 5.76 Å². The van der Waals surface area contributed by atoms with E-state index in [-0.39, 0.29) is 5.91 Å². The third-order valence-electron chi connectivity index (χ3n) is 2.53. The summed E-state index contributed by atoms with van der Waals surface area (Å²) < 4.78 is 5.26. The fourth-order valence-corrected chi connectivity index (χ4v) is 1.75. The minimum absolute atomic E-state index is 0.0400. The van der Waals surface area contributed by atoms with Crippen molar-refractivity contribution < 1.29 is 9.21 Å². The molecule has 0 unspecified atom stereocenters. The molecule has 0 N–H and O–H groups in total. The van der Waals surface area contributed by atoms with Gasteiger partial charge in [0.05, 0.1) is 11.8 Å². The number of nitrogens with zero attached hydrogens (tertiary/aromatic N) is 1. The fraction of sp³-hybridized carbons (Fsp3) is 0.583. The first-order chi connectivity index (χ1) is 7.74. The van der Waals surface area contributed by atoms with E-state index in [0.717, 1.165) is 18.6 Å². The molecule has 1 amide bonds. The van der Waals surface area contributed by atoms with Crippen LogP contribution in [-0.4, -0.2) is 29.8 Å². The number of hydrogen-bond acceptors (Lipinski definition) is 2. The standard InChI is InChI=1S/C12H18ClNO2/c1-3-11-10(6-9-16-11)12(15)14(4-2)8-5-7-13/h6,9H,3-5,7-8H2,1-2H3. The Bertz CT molecular complexity index is 336. The first-order valence-electron chi connectivity index (χ1n) is 5.66. The topological polar surface area (TPSA) is 33.5 Å². The van der Waals surface area contributed by atoms with Gasteiger partial charge in [-0.3, -0.25) is 4.79 Å². The highest BCUT2D eigenvalue weighted by Crippen LogP contribution is 2.14. The SMILES string of the molecule is CCc1occc1C(=O)N(CC)CCCCl. The van der Waals surface area contributed by atoms with Crippen molar-refractivity contribution in [1.82, 2.24) is 4.90 Å². The minimum Gasteiger partial charge on any atom is -0.469 e. The van der Waals surface area contributed by atoms with E-state index in [1.165, 1.54) is 0 Å². The van der Waals surface area contributed by atoms with Crippen LogP contribution in [0.1, 0.15) is 36.4 Å². The molecule has 4 heteroatoms. The second kappa shape index (κ2) is 6.59. The zero-order valence-corrected chi connectivity index (χ0v) is 10.6. The number of rotatable bonds is 6. The molecule has 0 aromatic carbocycles. The molecule has 3 nitrogen and oxygen atoms in total. The van der Waals surface area contributed by atoms with Gasteiger partial charge in [-0.25, -0.2) is 0 Å². The molecular formula is C12H18ClNO2. The average Bonchev–Trinajstić information content (AvgIpc) is 2.77. The summed E-state index contributed by atoms with van der Waals surface area (Å²) in [7, 11) is 0. The van der Waals surface area contributed by atoms with E-state index < -0.39 is 0 Å². The summed E-state index contributed by atoms with van der Waals surface area (Å²) in [6.07, 6.45) is 3.13. The quantitative estimate of drug-likeness (QED) is 0.720. The summed E-state index contributed by atoms with van der Waals surface area (Å²) in [5.41, 5.74) is 0.680. The zero-order chi connectivity index (χ0) is 12.0. The Kier molecular flexibility index (Phi) is 5.39. The molecular weight excluding hydrogens is 226 g/mol. The summed E-state index contributed by atoms with van der Waals surface area (Å²) >= 11 is 5.63. The van der Waals surface area contributed by atoms with Crippen molar-refractivity contribution in [2.75, 3.05) is 19.0 Å². The van der Waals surface area contributed by atoms with Crippen molar-refractivity contribution in [2.24, 2.45) is 0 Å². The van der Waals surface area contributed by atoms with Crippen LogP contribution in [0.15, 0.2) is 16.7 Å². The van der Waals surface area contributed by atoms with Crippen molar-refractivity contribution >= 4 is 17.5 Å². The number of aryl methyl sites for hydroxylation is 1. The Labute approximate surface area is 101 Å². The number of hydrogen-bond donors (Lipinski definition) is 0. The molecule has 0 spiro atoms. The third-order valence-corrected chi connectivity index (χ3v) is 2.79. The Balaban J connectivity index is 2.74. The van der Waals surface area contributed by atoms with Crippen LogP contribution in [-0.2, 0) is 6.42 Å². The molecule has 0 saturated carbocycles. The van der Waals surface area contributed by atoms with Crippen LogP contribution < -0.4 is 0 Å². The van der Waals surface area contributed by atoms with Gasteiger partial charge in [0.15, 0.2) is 0 Å². The van der Waals surface area contributed by atoms with E-state index in [2.05, 4.69) is 0 Å². The molecule has 0 bridgehead atoms. The highest BCUT2D eigenvalue weighted by atomic mass is 35.5. The van der Waals surface area contributed by atoms with Gasteiger partial charge >= 0.3 is 0 Å². The smallest absolute Gasteiger partial charge is 0.257 e. The maximum atomic E-state index is 12.1. The first kappa shape index (κ1) is 13.1. The molecule has 1 aromatic heterocycles. The number of alkyl halides is 1. The lowest BCUT2D eigenvalue weighted by atomic mass is 10.2. The zero-order valence-electron chi connectivity index (χ0n) is 9.83. The van der Waals surface area contributed by atoms with Gasteiger partial charge in [0.2, 0.25) is 0 Å². The highest BCUT2D eigenvalue weighted by molar-refractivity contribution is 6.17. The molecule has 16 heavy (non-hydrogen) atoms. The van der Waals surface area contributed by atoms with Gasteiger partial charge in [-0.2, -0.15) is 0 Å². The van der Waals surface area contributed by atoms with E-state index in [0.29, 0.717) is 24.5 Å². The third kappa shape index (κ3) is 3.01. The van der Waals surface area contributed by atoms with Gasteiger partial charge in [-0.15, -0.1) is 11.6 Å². The summed E-state index contributed by atoms with van der Waals surface area (Å²) in [5.74, 6) is 1.38. The Morgan fingerprint density at radius 3 is 2.81 bits per heavy atom. The van der Waals surface area contributed by atoms with E-state index in [1.807, 2.05) is 13.8 Å². The molecule has 0 aliphatic rings. The molecule has 1 rings (SSSR count). The average molecular weight is 244 g/mol. The summed E-state index contributed by atoms with van der Waals surface area (Å²) in [5, 5.41) is 0. The number of halogens is 1. The predicted molar refractivity (Wildman–Crippen MR) is 65.0 cm³/mol. The number of amides is 1. The lowest BCUT2D eigenvalue weighted by Gasteiger charge is -2.20. The molecule has 0 radical (unpaired) electrons. The van der Waals surface area contributed by atoms with Gasteiger partial charge in [0.25, 0.3) is 5.91 Å². The van der Waals surface area contributed by atoms with Crippen molar-refractivity contribution in [1.29, 1.82) is 0 Å². The lowest BCUT2D eigenvalue weighted by molar-refractivity contribution is 0.0762. The lowest BCUT2D eigenvalue weighted by Crippen LogP contribution is -2.32. The maximum absolute atomic E-state index is 12.1. The van der Waals surface area contributed by atoms with Gasteiger partial charge in [-0.1, -0.05) is 6.92 Å². The molecule has 0 aliphatic carbocycles. The molecule has 90 valence electrons. The monoisotopic (exact) mass is 243 g/mol. The van der Waals surface area contributed by atoms with Gasteiger partial charge < -0.3 is 9.32 Å². The molecule has 0 saturated heterocycles. The van der Waals surface area contributed by atoms with Crippen LogP contribution in [0, 0.1) is 0 Å². The van der Waals surface area contributed by atoms with Gasteiger partial charge in [0, 0.05) is 25.4 Å². The first-order valence-corrected chi connectivity index (χ1v) is 6.19. The van der Waals surface area contributed by atoms with Crippen LogP contribution in [0.5, 0.6) is 0 Å². The minimum atomic E-state index is 0.0400. The molecule has 1 aromatic rings. The van der Waals surface area contributed by atoms with Crippen LogP contribution in [0.4, 0.5) is 0 Å². The maximum Gasteiger partial charge on any atom is 0.257 e.